The number of hydrogen-bond acceptors (Lipinski definition) is 5. The molecule has 190 valence electrons. The van der Waals surface area contributed by atoms with Gasteiger partial charge in [-0.15, -0.1) is 0 Å². The lowest BCUT2D eigenvalue weighted by Crippen LogP contribution is -2.47. The minimum Gasteiger partial charge on any atom is -0.383 e. The van der Waals surface area contributed by atoms with Crippen LogP contribution in [0.5, 0.6) is 0 Å². The third-order valence-corrected chi connectivity index (χ3v) is 7.49. The standard InChI is InChI=1S/C29H34N2O5/c1-21-9-6-7-13-24(21)29(19-27(34)31(28(29)35)15-16-36-2)18-26(33)30-14-8-12-23(20-30)25(32)17-22-10-4-3-5-11-22/h3-7,9-11,13,23H,8,12,14-20H2,1-2H3. The second-order valence-electron chi connectivity index (χ2n) is 9.90. The number of benzene rings is 2. The fraction of sp³-hybridized carbons (Fsp3) is 0.448. The number of amides is 3. The van der Waals surface area contributed by atoms with E-state index in [1.807, 2.05) is 61.5 Å². The van der Waals surface area contributed by atoms with Crippen molar-refractivity contribution >= 4 is 23.5 Å². The van der Waals surface area contributed by atoms with Crippen molar-refractivity contribution in [2.24, 2.45) is 5.92 Å². The zero-order chi connectivity index (χ0) is 25.7. The van der Waals surface area contributed by atoms with E-state index in [4.69, 9.17) is 4.74 Å². The third kappa shape index (κ3) is 5.26. The van der Waals surface area contributed by atoms with Crippen molar-refractivity contribution in [1.29, 1.82) is 0 Å². The highest BCUT2D eigenvalue weighted by atomic mass is 16.5. The minimum atomic E-state index is -1.24. The molecule has 2 fully saturated rings. The number of imide groups is 1. The van der Waals surface area contributed by atoms with E-state index in [1.54, 1.807) is 4.90 Å². The van der Waals surface area contributed by atoms with Crippen LogP contribution in [0.25, 0.3) is 0 Å². The van der Waals surface area contributed by atoms with Crippen LogP contribution in [0.3, 0.4) is 0 Å². The number of carbonyl (C=O) groups excluding carboxylic acids is 4. The second-order valence-corrected chi connectivity index (χ2v) is 9.90. The summed E-state index contributed by atoms with van der Waals surface area (Å²) in [6, 6.07) is 17.1. The van der Waals surface area contributed by atoms with Gasteiger partial charge in [0.05, 0.1) is 18.6 Å². The number of ketones is 1. The number of hydrogen-bond donors (Lipinski definition) is 0. The molecule has 0 bridgehead atoms. The number of rotatable bonds is 9. The average molecular weight is 491 g/mol. The summed E-state index contributed by atoms with van der Waals surface area (Å²) in [5.41, 5.74) is 1.31. The minimum absolute atomic E-state index is 0.0453. The highest BCUT2D eigenvalue weighted by Crippen LogP contribution is 2.42. The molecule has 0 N–H and O–H groups in total. The van der Waals surface area contributed by atoms with Crippen molar-refractivity contribution < 1.29 is 23.9 Å². The normalized spacial score (nSPS) is 22.2. The van der Waals surface area contributed by atoms with Crippen LogP contribution in [0.2, 0.25) is 0 Å². The highest BCUT2D eigenvalue weighted by molar-refractivity contribution is 6.11. The quantitative estimate of drug-likeness (QED) is 0.505. The molecule has 7 heteroatoms. The maximum Gasteiger partial charge on any atom is 0.240 e. The lowest BCUT2D eigenvalue weighted by molar-refractivity contribution is -0.144. The number of piperidine rings is 1. The fourth-order valence-electron chi connectivity index (χ4n) is 5.54. The van der Waals surface area contributed by atoms with Gasteiger partial charge in [0.25, 0.3) is 0 Å². The molecule has 2 aromatic carbocycles. The van der Waals surface area contributed by atoms with Gasteiger partial charge < -0.3 is 9.64 Å². The van der Waals surface area contributed by atoms with Gasteiger partial charge in [-0.05, 0) is 36.5 Å². The molecule has 0 saturated carbocycles. The van der Waals surface area contributed by atoms with Gasteiger partial charge in [-0.25, -0.2) is 0 Å². The first-order valence-electron chi connectivity index (χ1n) is 12.6. The molecule has 2 aromatic rings. The lowest BCUT2D eigenvalue weighted by Gasteiger charge is -2.35. The molecule has 0 aromatic heterocycles. The van der Waals surface area contributed by atoms with Crippen molar-refractivity contribution in [3.8, 4) is 0 Å². The summed E-state index contributed by atoms with van der Waals surface area (Å²) in [5, 5.41) is 0. The maximum absolute atomic E-state index is 13.7. The Hall–Kier alpha value is -3.32. The van der Waals surface area contributed by atoms with Gasteiger partial charge in [-0.3, -0.25) is 24.1 Å². The van der Waals surface area contributed by atoms with E-state index >= 15 is 0 Å². The maximum atomic E-state index is 13.7. The summed E-state index contributed by atoms with van der Waals surface area (Å²) in [6.07, 6.45) is 1.70. The SMILES string of the molecule is COCCN1C(=O)CC(CC(=O)N2CCCC(C(=O)Cc3ccccc3)C2)(c2ccccc2C)C1=O. The molecule has 0 radical (unpaired) electrons. The number of ether oxygens (including phenoxy) is 1. The van der Waals surface area contributed by atoms with Crippen LogP contribution in [-0.2, 0) is 35.8 Å². The van der Waals surface area contributed by atoms with E-state index in [0.717, 1.165) is 24.0 Å². The number of likely N-dealkylation sites (tertiary alicyclic amines) is 2. The molecule has 2 heterocycles. The van der Waals surface area contributed by atoms with E-state index < -0.39 is 5.41 Å². The number of Topliss-reactive ketones (excluding diaryl/α,β-unsaturated/α-hetero) is 1. The van der Waals surface area contributed by atoms with Gasteiger partial charge in [-0.1, -0.05) is 54.6 Å². The summed E-state index contributed by atoms with van der Waals surface area (Å²) < 4.78 is 5.10. The number of carbonyl (C=O) groups is 4. The monoisotopic (exact) mass is 490 g/mol. The third-order valence-electron chi connectivity index (χ3n) is 7.49. The van der Waals surface area contributed by atoms with Crippen LogP contribution in [0.1, 0.15) is 42.4 Å². The van der Waals surface area contributed by atoms with Gasteiger partial charge >= 0.3 is 0 Å². The van der Waals surface area contributed by atoms with Crippen molar-refractivity contribution in [2.45, 2.75) is 44.4 Å². The summed E-state index contributed by atoms with van der Waals surface area (Å²) >= 11 is 0. The Morgan fingerprint density at radius 1 is 1.06 bits per heavy atom. The molecule has 2 aliphatic heterocycles. The Bertz CT molecular complexity index is 1130. The smallest absolute Gasteiger partial charge is 0.240 e. The van der Waals surface area contributed by atoms with E-state index in [1.165, 1.54) is 12.0 Å². The molecule has 2 atom stereocenters. The van der Waals surface area contributed by atoms with Crippen LogP contribution in [0.4, 0.5) is 0 Å². The topological polar surface area (TPSA) is 84.0 Å². The first-order chi connectivity index (χ1) is 17.4. The van der Waals surface area contributed by atoms with Gasteiger partial charge in [0.15, 0.2) is 0 Å². The first-order valence-corrected chi connectivity index (χ1v) is 12.6. The molecule has 4 rings (SSSR count). The van der Waals surface area contributed by atoms with Crippen LogP contribution < -0.4 is 0 Å². The van der Waals surface area contributed by atoms with E-state index in [2.05, 4.69) is 0 Å². The number of methoxy groups -OCH3 is 1. The van der Waals surface area contributed by atoms with Gasteiger partial charge in [0, 0.05) is 45.4 Å². The van der Waals surface area contributed by atoms with Gasteiger partial charge in [0.2, 0.25) is 17.7 Å². The summed E-state index contributed by atoms with van der Waals surface area (Å²) in [6.45, 7) is 3.20. The van der Waals surface area contributed by atoms with E-state index in [-0.39, 0.29) is 55.4 Å². The van der Waals surface area contributed by atoms with Gasteiger partial charge in [-0.2, -0.15) is 0 Å². The predicted octanol–water partition coefficient (Wildman–Crippen LogP) is 3.08. The second kappa shape index (κ2) is 11.2. The molecule has 2 aliphatic rings. The molecule has 0 aliphatic carbocycles. The van der Waals surface area contributed by atoms with Crippen LogP contribution in [-0.4, -0.2) is 66.7 Å². The number of nitrogens with zero attached hydrogens (tertiary/aromatic N) is 2. The van der Waals surface area contributed by atoms with E-state index in [9.17, 15) is 19.2 Å². The van der Waals surface area contributed by atoms with Crippen LogP contribution in [0, 0.1) is 12.8 Å². The van der Waals surface area contributed by atoms with E-state index in [0.29, 0.717) is 25.1 Å². The van der Waals surface area contributed by atoms with Crippen LogP contribution >= 0.6 is 0 Å². The van der Waals surface area contributed by atoms with Gasteiger partial charge in [0.1, 0.15) is 5.78 Å². The number of aryl methyl sites for hydroxylation is 1. The molecule has 3 amide bonds. The zero-order valence-corrected chi connectivity index (χ0v) is 21.1. The highest BCUT2D eigenvalue weighted by Gasteiger charge is 2.54. The summed E-state index contributed by atoms with van der Waals surface area (Å²) in [4.78, 5) is 56.2. The Labute approximate surface area is 212 Å². The Kier molecular flexibility index (Phi) is 7.99. The summed E-state index contributed by atoms with van der Waals surface area (Å²) in [5.74, 6) is -0.921. The molecular formula is C29H34N2O5. The molecule has 0 spiro atoms. The Morgan fingerprint density at radius 2 is 1.78 bits per heavy atom. The Morgan fingerprint density at radius 3 is 2.50 bits per heavy atom. The lowest BCUT2D eigenvalue weighted by atomic mass is 9.73. The van der Waals surface area contributed by atoms with Crippen LogP contribution in [0.15, 0.2) is 54.6 Å². The Balaban J connectivity index is 1.54. The largest absolute Gasteiger partial charge is 0.383 e. The predicted molar refractivity (Wildman–Crippen MR) is 135 cm³/mol. The van der Waals surface area contributed by atoms with Crippen molar-refractivity contribution in [3.05, 3.63) is 71.3 Å². The molecular weight excluding hydrogens is 456 g/mol. The zero-order valence-electron chi connectivity index (χ0n) is 21.1. The molecule has 7 nitrogen and oxygen atoms in total. The molecule has 2 saturated heterocycles. The van der Waals surface area contributed by atoms with Crippen molar-refractivity contribution in [3.63, 3.8) is 0 Å². The first kappa shape index (κ1) is 25.8. The molecule has 2 unspecified atom stereocenters. The molecule has 36 heavy (non-hydrogen) atoms. The van der Waals surface area contributed by atoms with Crippen molar-refractivity contribution in [2.75, 3.05) is 33.4 Å². The summed E-state index contributed by atoms with van der Waals surface area (Å²) in [7, 11) is 1.52. The van der Waals surface area contributed by atoms with Crippen molar-refractivity contribution in [1.82, 2.24) is 9.80 Å². The fourth-order valence-corrected chi connectivity index (χ4v) is 5.54. The average Bonchev–Trinajstić information content (AvgIpc) is 3.12.